The highest BCUT2D eigenvalue weighted by Crippen LogP contribution is 2.22. The molecule has 0 saturated carbocycles. The zero-order valence-electron chi connectivity index (χ0n) is 26.0. The monoisotopic (exact) mass is 609 g/mol. The van der Waals surface area contributed by atoms with E-state index < -0.39 is 12.2 Å². The fourth-order valence-electron chi connectivity index (χ4n) is 4.78. The van der Waals surface area contributed by atoms with E-state index in [1.54, 1.807) is 24.3 Å². The van der Waals surface area contributed by atoms with E-state index in [0.29, 0.717) is 43.5 Å². The number of carbonyl (C=O) groups excluding carboxylic acids is 2. The molecule has 11 heteroatoms. The van der Waals surface area contributed by atoms with Gasteiger partial charge in [-0.05, 0) is 112 Å². The van der Waals surface area contributed by atoms with Crippen LogP contribution < -0.4 is 20.1 Å². The number of alkyl carbamates (subject to hydrolysis) is 2. The molecule has 1 aliphatic rings. The average Bonchev–Trinajstić information content (AvgIpc) is 3.04. The molecule has 3 rings (SSSR count). The first-order valence-electron chi connectivity index (χ1n) is 15.6. The Morgan fingerprint density at radius 3 is 1.64 bits per heavy atom. The number of benzene rings is 2. The molecule has 2 amide bonds. The minimum Gasteiger partial charge on any atom is -0.494 e. The summed E-state index contributed by atoms with van der Waals surface area (Å²) >= 11 is 0. The molecule has 1 fully saturated rings. The van der Waals surface area contributed by atoms with Crippen molar-refractivity contribution in [1.29, 1.82) is 10.8 Å². The summed E-state index contributed by atoms with van der Waals surface area (Å²) in [5, 5.41) is 20.9. The number of carbonyl (C=O) groups is 2. The van der Waals surface area contributed by atoms with Crippen LogP contribution in [0.4, 0.5) is 9.59 Å². The van der Waals surface area contributed by atoms with Crippen LogP contribution in [0.1, 0.15) is 69.9 Å². The van der Waals surface area contributed by atoms with Crippen LogP contribution in [-0.4, -0.2) is 74.8 Å². The molecule has 0 bridgehead atoms. The Morgan fingerprint density at radius 2 is 1.18 bits per heavy atom. The molecule has 240 valence electrons. The van der Waals surface area contributed by atoms with Gasteiger partial charge in [0.05, 0.1) is 26.4 Å². The molecule has 0 aromatic heterocycles. The molecule has 0 spiro atoms. The molecule has 4 N–H and O–H groups in total. The van der Waals surface area contributed by atoms with E-state index in [1.165, 1.54) is 12.8 Å². The topological polar surface area (TPSA) is 146 Å². The molecule has 1 saturated heterocycles. The molecule has 11 nitrogen and oxygen atoms in total. The number of amidine groups is 2. The molecule has 2 aromatic rings. The largest absolute Gasteiger partial charge is 0.494 e. The minimum absolute atomic E-state index is 0.000226. The van der Waals surface area contributed by atoms with Gasteiger partial charge in [-0.1, -0.05) is 13.8 Å². The van der Waals surface area contributed by atoms with Gasteiger partial charge in [-0.25, -0.2) is 9.59 Å². The van der Waals surface area contributed by atoms with Gasteiger partial charge < -0.3 is 23.8 Å². The quantitative estimate of drug-likeness (QED) is 0.105. The van der Waals surface area contributed by atoms with E-state index in [9.17, 15) is 9.59 Å². The lowest BCUT2D eigenvalue weighted by molar-refractivity contribution is 0.151. The summed E-state index contributed by atoms with van der Waals surface area (Å²) in [5.41, 5.74) is 1.19. The van der Waals surface area contributed by atoms with Crippen LogP contribution in [-0.2, 0) is 9.47 Å². The van der Waals surface area contributed by atoms with Crippen LogP contribution in [0, 0.1) is 16.7 Å². The molecule has 0 atom stereocenters. The molecular weight excluding hydrogens is 562 g/mol. The lowest BCUT2D eigenvalue weighted by Gasteiger charge is -2.32. The number of nitrogens with one attached hydrogen (secondary N) is 4. The Balaban J connectivity index is 1.22. The second kappa shape index (κ2) is 19.2. The van der Waals surface area contributed by atoms with E-state index in [4.69, 9.17) is 29.8 Å². The van der Waals surface area contributed by atoms with Crippen LogP contribution >= 0.6 is 0 Å². The predicted molar refractivity (Wildman–Crippen MR) is 170 cm³/mol. The summed E-state index contributed by atoms with van der Waals surface area (Å²) in [7, 11) is 0. The zero-order chi connectivity index (χ0) is 31.6. The second-order valence-corrected chi connectivity index (χ2v) is 10.8. The molecule has 0 radical (unpaired) electrons. The average molecular weight is 610 g/mol. The normalized spacial score (nSPS) is 13.5. The number of nitrogens with zero attached hydrogens (tertiary/aromatic N) is 1. The van der Waals surface area contributed by atoms with Gasteiger partial charge in [-0.2, -0.15) is 0 Å². The smallest absolute Gasteiger partial charge is 0.412 e. The van der Waals surface area contributed by atoms with E-state index in [2.05, 4.69) is 15.5 Å². The summed E-state index contributed by atoms with van der Waals surface area (Å²) in [4.78, 5) is 25.8. The third-order valence-corrected chi connectivity index (χ3v) is 7.23. The molecule has 44 heavy (non-hydrogen) atoms. The second-order valence-electron chi connectivity index (χ2n) is 10.8. The van der Waals surface area contributed by atoms with Gasteiger partial charge in [0, 0.05) is 17.7 Å². The Labute approximate surface area is 260 Å². The molecular formula is C33H47N5O6. The summed E-state index contributed by atoms with van der Waals surface area (Å²) < 4.78 is 21.7. The summed E-state index contributed by atoms with van der Waals surface area (Å²) in [6.07, 6.45) is 5.71. The lowest BCUT2D eigenvalue weighted by atomic mass is 9.92. The summed E-state index contributed by atoms with van der Waals surface area (Å²) in [5.74, 6) is 2.21. The Kier molecular flexibility index (Phi) is 15.0. The van der Waals surface area contributed by atoms with Gasteiger partial charge in [0.2, 0.25) is 0 Å². The fraction of sp³-hybridized carbons (Fsp3) is 0.515. The van der Waals surface area contributed by atoms with Gasteiger partial charge in [0.1, 0.15) is 23.2 Å². The van der Waals surface area contributed by atoms with E-state index in [-0.39, 0.29) is 11.7 Å². The van der Waals surface area contributed by atoms with Crippen molar-refractivity contribution in [2.45, 2.75) is 58.8 Å². The fourth-order valence-corrected chi connectivity index (χ4v) is 4.78. The number of rotatable bonds is 16. The van der Waals surface area contributed by atoms with Crippen molar-refractivity contribution < 1.29 is 28.5 Å². The van der Waals surface area contributed by atoms with Crippen LogP contribution in [0.3, 0.4) is 0 Å². The van der Waals surface area contributed by atoms with Crippen molar-refractivity contribution >= 4 is 23.9 Å². The number of hydrogen-bond donors (Lipinski definition) is 4. The molecule has 2 aromatic carbocycles. The Morgan fingerprint density at radius 1 is 0.727 bits per heavy atom. The van der Waals surface area contributed by atoms with Crippen LogP contribution in [0.25, 0.3) is 0 Å². The van der Waals surface area contributed by atoms with Gasteiger partial charge in [-0.15, -0.1) is 0 Å². The van der Waals surface area contributed by atoms with Crippen molar-refractivity contribution in [2.75, 3.05) is 46.1 Å². The Bertz CT molecular complexity index is 1090. The van der Waals surface area contributed by atoms with Crippen molar-refractivity contribution in [3.8, 4) is 11.5 Å². The van der Waals surface area contributed by atoms with Gasteiger partial charge >= 0.3 is 12.2 Å². The third-order valence-electron chi connectivity index (χ3n) is 7.23. The van der Waals surface area contributed by atoms with Crippen LogP contribution in [0.5, 0.6) is 11.5 Å². The molecule has 1 heterocycles. The maximum Gasteiger partial charge on any atom is 0.412 e. The minimum atomic E-state index is -0.615. The van der Waals surface area contributed by atoms with Gasteiger partial charge in [0.15, 0.2) is 0 Å². The van der Waals surface area contributed by atoms with Crippen LogP contribution in [0.2, 0.25) is 0 Å². The maximum absolute atomic E-state index is 11.6. The van der Waals surface area contributed by atoms with E-state index >= 15 is 0 Å². The van der Waals surface area contributed by atoms with Crippen molar-refractivity contribution in [2.24, 2.45) is 5.92 Å². The van der Waals surface area contributed by atoms with E-state index in [1.807, 2.05) is 38.1 Å². The summed E-state index contributed by atoms with van der Waals surface area (Å²) in [6.45, 7) is 8.97. The highest BCUT2D eigenvalue weighted by molar-refractivity contribution is 6.05. The third kappa shape index (κ3) is 12.6. The van der Waals surface area contributed by atoms with Crippen LogP contribution in [0.15, 0.2) is 48.5 Å². The predicted octanol–water partition coefficient (Wildman–Crippen LogP) is 5.95. The van der Waals surface area contributed by atoms with Gasteiger partial charge in [-0.3, -0.25) is 21.5 Å². The SMILES string of the molecule is CCCOC(=O)NC(=N)c1ccc(OCCCC2CCN(CCCOc3ccc(C(=N)NC(=O)OCCC)cc3)CC2)cc1. The van der Waals surface area contributed by atoms with Crippen molar-refractivity contribution in [3.05, 3.63) is 59.7 Å². The maximum atomic E-state index is 11.6. The number of amides is 2. The number of hydrogen-bond acceptors (Lipinski definition) is 9. The molecule has 1 aliphatic heterocycles. The number of likely N-dealkylation sites (tertiary alicyclic amines) is 1. The van der Waals surface area contributed by atoms with Crippen molar-refractivity contribution in [1.82, 2.24) is 15.5 Å². The standard InChI is InChI=1S/C33H47N5O6/c1-3-21-43-32(39)36-30(34)26-8-12-28(13-9-26)41-23-5-7-25-16-19-38(20-17-25)18-6-24-42-29-14-10-27(11-15-29)31(35)37-33(40)44-22-4-2/h8-15,25H,3-7,16-24H2,1-2H3,(H2,34,36,39)(H2,35,37,40). The summed E-state index contributed by atoms with van der Waals surface area (Å²) in [6, 6.07) is 14.3. The molecule has 0 aliphatic carbocycles. The van der Waals surface area contributed by atoms with Crippen molar-refractivity contribution in [3.63, 3.8) is 0 Å². The highest BCUT2D eigenvalue weighted by atomic mass is 16.6. The first kappa shape index (κ1) is 34.4. The number of piperidine rings is 1. The Hall–Kier alpha value is -4.12. The molecule has 0 unspecified atom stereocenters. The van der Waals surface area contributed by atoms with E-state index in [0.717, 1.165) is 63.2 Å². The number of ether oxygens (including phenoxy) is 4. The van der Waals surface area contributed by atoms with Gasteiger partial charge in [0.25, 0.3) is 0 Å². The lowest BCUT2D eigenvalue weighted by Crippen LogP contribution is -2.35. The zero-order valence-corrected chi connectivity index (χ0v) is 26.0. The highest BCUT2D eigenvalue weighted by Gasteiger charge is 2.18. The first-order valence-corrected chi connectivity index (χ1v) is 15.6. The first-order chi connectivity index (χ1) is 21.4.